The molecule has 1 aromatic rings. The minimum atomic E-state index is -0.156. The van der Waals surface area contributed by atoms with E-state index >= 15 is 0 Å². The monoisotopic (exact) mass is 245 g/mol. The number of carbonyl (C=O) groups excluding carboxylic acids is 1. The van der Waals surface area contributed by atoms with Crippen molar-refractivity contribution in [2.45, 2.75) is 32.3 Å². The summed E-state index contributed by atoms with van der Waals surface area (Å²) in [6.07, 6.45) is 5.07. The molecule has 1 spiro atoms. The number of nitrogens with zero attached hydrogens (tertiary/aromatic N) is 1. The number of rotatable bonds is 2. The topological polar surface area (TPSA) is 29.5 Å². The van der Waals surface area contributed by atoms with E-state index in [0.717, 1.165) is 18.7 Å². The van der Waals surface area contributed by atoms with Gasteiger partial charge >= 0.3 is 6.09 Å². The van der Waals surface area contributed by atoms with E-state index in [4.69, 9.17) is 4.74 Å². The summed E-state index contributed by atoms with van der Waals surface area (Å²) in [6, 6.07) is 9.83. The van der Waals surface area contributed by atoms with Crippen LogP contribution in [0.5, 0.6) is 0 Å². The third-order valence-electron chi connectivity index (χ3n) is 4.18. The fourth-order valence-corrected chi connectivity index (χ4v) is 3.14. The van der Waals surface area contributed by atoms with Crippen molar-refractivity contribution in [2.24, 2.45) is 5.41 Å². The van der Waals surface area contributed by atoms with Crippen molar-refractivity contribution in [1.82, 2.24) is 4.90 Å². The van der Waals surface area contributed by atoms with Gasteiger partial charge in [-0.1, -0.05) is 43.2 Å². The van der Waals surface area contributed by atoms with Gasteiger partial charge in [-0.05, 0) is 18.4 Å². The first-order valence-corrected chi connectivity index (χ1v) is 6.73. The summed E-state index contributed by atoms with van der Waals surface area (Å²) in [7, 11) is 0. The zero-order chi connectivity index (χ0) is 12.4. The third kappa shape index (κ3) is 2.22. The highest BCUT2D eigenvalue weighted by molar-refractivity contribution is 5.69. The molecule has 0 unspecified atom stereocenters. The Morgan fingerprint density at radius 1 is 1.17 bits per heavy atom. The summed E-state index contributed by atoms with van der Waals surface area (Å²) in [4.78, 5) is 13.7. The van der Waals surface area contributed by atoms with E-state index in [-0.39, 0.29) is 6.09 Å². The Labute approximate surface area is 108 Å². The molecule has 1 aromatic carbocycles. The van der Waals surface area contributed by atoms with Crippen LogP contribution in [0.15, 0.2) is 30.3 Å². The molecule has 3 heteroatoms. The van der Waals surface area contributed by atoms with Gasteiger partial charge in [0.05, 0.1) is 0 Å². The molecule has 0 N–H and O–H groups in total. The molecule has 0 bridgehead atoms. The number of amides is 1. The number of benzene rings is 1. The Balaban J connectivity index is 1.46. The molecule has 1 amide bonds. The molecule has 96 valence electrons. The molecule has 1 aliphatic heterocycles. The van der Waals surface area contributed by atoms with Crippen LogP contribution in [-0.2, 0) is 11.3 Å². The van der Waals surface area contributed by atoms with Gasteiger partial charge in [-0.2, -0.15) is 0 Å². The van der Waals surface area contributed by atoms with Gasteiger partial charge in [-0.3, -0.25) is 0 Å². The summed E-state index contributed by atoms with van der Waals surface area (Å²) in [5.74, 6) is 0. The minimum absolute atomic E-state index is 0.156. The van der Waals surface area contributed by atoms with Crippen molar-refractivity contribution in [2.75, 3.05) is 13.1 Å². The fourth-order valence-electron chi connectivity index (χ4n) is 3.14. The van der Waals surface area contributed by atoms with Gasteiger partial charge in [0.1, 0.15) is 6.61 Å². The molecular formula is C15H19NO2. The van der Waals surface area contributed by atoms with Crippen molar-refractivity contribution < 1.29 is 9.53 Å². The average molecular weight is 245 g/mol. The standard InChI is InChI=1S/C15H19NO2/c17-14(18-10-13-6-2-1-3-7-13)16-11-15(12-16)8-4-5-9-15/h1-3,6-7H,4-5,8-12H2. The van der Waals surface area contributed by atoms with E-state index in [1.807, 2.05) is 35.2 Å². The lowest BCUT2D eigenvalue weighted by Gasteiger charge is -2.47. The number of hydrogen-bond acceptors (Lipinski definition) is 2. The van der Waals surface area contributed by atoms with E-state index < -0.39 is 0 Å². The summed E-state index contributed by atoms with van der Waals surface area (Å²) in [5, 5.41) is 0. The molecule has 1 saturated heterocycles. The van der Waals surface area contributed by atoms with E-state index in [9.17, 15) is 4.79 Å². The Kier molecular flexibility index (Phi) is 2.98. The van der Waals surface area contributed by atoms with Gasteiger partial charge in [-0.25, -0.2) is 4.79 Å². The first-order valence-electron chi connectivity index (χ1n) is 6.73. The van der Waals surface area contributed by atoms with Crippen LogP contribution >= 0.6 is 0 Å². The van der Waals surface area contributed by atoms with Crippen LogP contribution in [0.1, 0.15) is 31.2 Å². The minimum Gasteiger partial charge on any atom is -0.445 e. The maximum absolute atomic E-state index is 11.8. The molecule has 1 saturated carbocycles. The normalized spacial score (nSPS) is 20.8. The van der Waals surface area contributed by atoms with Gasteiger partial charge in [0, 0.05) is 18.5 Å². The predicted molar refractivity (Wildman–Crippen MR) is 69.1 cm³/mol. The summed E-state index contributed by atoms with van der Waals surface area (Å²) < 4.78 is 5.32. The van der Waals surface area contributed by atoms with E-state index in [2.05, 4.69) is 0 Å². The van der Waals surface area contributed by atoms with Gasteiger partial charge in [0.15, 0.2) is 0 Å². The zero-order valence-corrected chi connectivity index (χ0v) is 10.6. The van der Waals surface area contributed by atoms with E-state index in [0.29, 0.717) is 12.0 Å². The van der Waals surface area contributed by atoms with Gasteiger partial charge in [0.2, 0.25) is 0 Å². The molecule has 1 heterocycles. The Morgan fingerprint density at radius 2 is 1.83 bits per heavy atom. The van der Waals surface area contributed by atoms with E-state index in [1.165, 1.54) is 25.7 Å². The van der Waals surface area contributed by atoms with Gasteiger partial charge in [0.25, 0.3) is 0 Å². The second-order valence-electron chi connectivity index (χ2n) is 5.60. The molecule has 18 heavy (non-hydrogen) atoms. The molecule has 0 atom stereocenters. The van der Waals surface area contributed by atoms with Crippen LogP contribution in [0.3, 0.4) is 0 Å². The summed E-state index contributed by atoms with van der Waals surface area (Å²) in [6.45, 7) is 2.18. The highest BCUT2D eigenvalue weighted by Gasteiger charge is 2.47. The van der Waals surface area contributed by atoms with Crippen molar-refractivity contribution in [1.29, 1.82) is 0 Å². The Morgan fingerprint density at radius 3 is 2.50 bits per heavy atom. The number of likely N-dealkylation sites (tertiary alicyclic amines) is 1. The maximum atomic E-state index is 11.8. The number of ether oxygens (including phenoxy) is 1. The summed E-state index contributed by atoms with van der Waals surface area (Å²) in [5.41, 5.74) is 1.49. The molecule has 2 fully saturated rings. The summed E-state index contributed by atoms with van der Waals surface area (Å²) >= 11 is 0. The van der Waals surface area contributed by atoms with Gasteiger partial charge < -0.3 is 9.64 Å². The maximum Gasteiger partial charge on any atom is 0.410 e. The smallest absolute Gasteiger partial charge is 0.410 e. The lowest BCUT2D eigenvalue weighted by atomic mass is 9.79. The first kappa shape index (κ1) is 11.6. The molecule has 3 nitrogen and oxygen atoms in total. The van der Waals surface area contributed by atoms with Crippen molar-refractivity contribution in [3.63, 3.8) is 0 Å². The first-order chi connectivity index (χ1) is 8.77. The van der Waals surface area contributed by atoms with Crippen LogP contribution in [0.2, 0.25) is 0 Å². The second kappa shape index (κ2) is 4.63. The highest BCUT2D eigenvalue weighted by Crippen LogP contribution is 2.45. The van der Waals surface area contributed by atoms with Crippen LogP contribution in [-0.4, -0.2) is 24.1 Å². The molecular weight excluding hydrogens is 226 g/mol. The Hall–Kier alpha value is -1.51. The number of hydrogen-bond donors (Lipinski definition) is 0. The van der Waals surface area contributed by atoms with Crippen molar-refractivity contribution in [3.8, 4) is 0 Å². The quantitative estimate of drug-likeness (QED) is 0.800. The Bertz CT molecular complexity index is 415. The van der Waals surface area contributed by atoms with Crippen molar-refractivity contribution in [3.05, 3.63) is 35.9 Å². The van der Waals surface area contributed by atoms with Crippen LogP contribution < -0.4 is 0 Å². The van der Waals surface area contributed by atoms with Crippen molar-refractivity contribution >= 4 is 6.09 Å². The fraction of sp³-hybridized carbons (Fsp3) is 0.533. The molecule has 2 aliphatic rings. The van der Waals surface area contributed by atoms with Gasteiger partial charge in [-0.15, -0.1) is 0 Å². The number of carbonyl (C=O) groups is 1. The largest absolute Gasteiger partial charge is 0.445 e. The molecule has 3 rings (SSSR count). The van der Waals surface area contributed by atoms with Crippen LogP contribution in [0, 0.1) is 5.41 Å². The van der Waals surface area contributed by atoms with Crippen LogP contribution in [0.25, 0.3) is 0 Å². The molecule has 1 aliphatic carbocycles. The lowest BCUT2D eigenvalue weighted by Crippen LogP contribution is -2.57. The van der Waals surface area contributed by atoms with E-state index in [1.54, 1.807) is 0 Å². The third-order valence-corrected chi connectivity index (χ3v) is 4.18. The lowest BCUT2D eigenvalue weighted by molar-refractivity contribution is -0.00215. The highest BCUT2D eigenvalue weighted by atomic mass is 16.6. The molecule has 0 radical (unpaired) electrons. The SMILES string of the molecule is O=C(OCc1ccccc1)N1CC2(CCCC2)C1. The zero-order valence-electron chi connectivity index (χ0n) is 10.6. The average Bonchev–Trinajstić information content (AvgIpc) is 2.85. The van der Waals surface area contributed by atoms with Crippen LogP contribution in [0.4, 0.5) is 4.79 Å². The second-order valence-corrected chi connectivity index (χ2v) is 5.60. The predicted octanol–water partition coefficient (Wildman–Crippen LogP) is 3.20. The molecule has 0 aromatic heterocycles.